The number of likely N-dealkylation sites (tertiary alicyclic amines) is 1. The van der Waals surface area contributed by atoms with Crippen LogP contribution in [-0.4, -0.2) is 57.9 Å². The van der Waals surface area contributed by atoms with Crippen molar-refractivity contribution in [2.75, 3.05) is 25.5 Å². The molecule has 6 nitrogen and oxygen atoms in total. The molecule has 0 aromatic carbocycles. The van der Waals surface area contributed by atoms with Gasteiger partial charge in [-0.2, -0.15) is 0 Å². The lowest BCUT2D eigenvalue weighted by Crippen LogP contribution is -2.44. The molecule has 2 aliphatic heterocycles. The van der Waals surface area contributed by atoms with Crippen LogP contribution in [-0.2, 0) is 5.54 Å². The Bertz CT molecular complexity index is 1020. The van der Waals surface area contributed by atoms with Crippen LogP contribution < -0.4 is 5.32 Å². The molecule has 2 atom stereocenters. The maximum atomic E-state index is 14.8. The minimum Gasteiger partial charge on any atom is -0.351 e. The molecule has 2 fully saturated rings. The summed E-state index contributed by atoms with van der Waals surface area (Å²) >= 11 is 1.52. The number of halogens is 1. The molecule has 1 saturated heterocycles. The van der Waals surface area contributed by atoms with Crippen LogP contribution in [0, 0.1) is 12.7 Å². The average Bonchev–Trinajstić information content (AvgIpc) is 3.42. The Morgan fingerprint density at radius 1 is 1.40 bits per heavy atom. The molecule has 1 saturated carbocycles. The number of nitrogens with one attached hydrogen (secondary N) is 1. The Morgan fingerprint density at radius 2 is 2.17 bits per heavy atom. The SMILES string of the molecule is CCN1CC[C@H](Nc2ncc(F)c(-c3sc4c(c3C)C(=O)N(C)C43CC3)n2)C[C@H]1C. The lowest BCUT2D eigenvalue weighted by Gasteiger charge is -2.37. The minimum atomic E-state index is -0.441. The van der Waals surface area contributed by atoms with Crippen LogP contribution in [0.25, 0.3) is 10.6 Å². The second-order valence-corrected chi connectivity index (χ2v) is 9.91. The third-order valence-corrected chi connectivity index (χ3v) is 8.66. The first kappa shape index (κ1) is 19.9. The first-order valence-corrected chi connectivity index (χ1v) is 11.6. The van der Waals surface area contributed by atoms with Gasteiger partial charge in [-0.3, -0.25) is 4.79 Å². The van der Waals surface area contributed by atoms with Crippen molar-refractivity contribution in [3.63, 3.8) is 0 Å². The number of nitrogens with zero attached hydrogens (tertiary/aromatic N) is 4. The number of amides is 1. The van der Waals surface area contributed by atoms with Gasteiger partial charge in [-0.1, -0.05) is 6.92 Å². The number of anilines is 1. The van der Waals surface area contributed by atoms with E-state index in [1.807, 2.05) is 18.9 Å². The molecule has 4 heterocycles. The number of hydrogen-bond donors (Lipinski definition) is 1. The molecule has 0 radical (unpaired) electrons. The normalized spacial score (nSPS) is 25.1. The first-order chi connectivity index (χ1) is 14.4. The van der Waals surface area contributed by atoms with Crippen molar-refractivity contribution in [3.05, 3.63) is 28.0 Å². The summed E-state index contributed by atoms with van der Waals surface area (Å²) in [6.07, 6.45) is 5.24. The number of rotatable bonds is 4. The highest BCUT2D eigenvalue weighted by atomic mass is 32.1. The topological polar surface area (TPSA) is 61.4 Å². The van der Waals surface area contributed by atoms with Gasteiger partial charge < -0.3 is 15.1 Å². The number of hydrogen-bond acceptors (Lipinski definition) is 6. The Kier molecular flexibility index (Phi) is 4.63. The zero-order valence-corrected chi connectivity index (χ0v) is 18.8. The third kappa shape index (κ3) is 2.87. The average molecular weight is 430 g/mol. The predicted molar refractivity (Wildman–Crippen MR) is 116 cm³/mol. The molecule has 30 heavy (non-hydrogen) atoms. The number of aromatic nitrogens is 2. The molecule has 1 aliphatic carbocycles. The Hall–Kier alpha value is -2.06. The van der Waals surface area contributed by atoms with Crippen molar-refractivity contribution in [1.82, 2.24) is 19.8 Å². The van der Waals surface area contributed by atoms with E-state index >= 15 is 0 Å². The van der Waals surface area contributed by atoms with Crippen molar-refractivity contribution >= 4 is 23.2 Å². The van der Waals surface area contributed by atoms with Crippen LogP contribution in [0.15, 0.2) is 6.20 Å². The number of piperidine rings is 1. The lowest BCUT2D eigenvalue weighted by atomic mass is 9.98. The van der Waals surface area contributed by atoms with Gasteiger partial charge >= 0.3 is 0 Å². The highest BCUT2D eigenvalue weighted by Gasteiger charge is 2.58. The molecule has 3 aliphatic rings. The molecular formula is C22H28FN5OS. The molecule has 1 spiro atoms. The van der Waals surface area contributed by atoms with E-state index in [4.69, 9.17) is 0 Å². The van der Waals surface area contributed by atoms with E-state index in [0.29, 0.717) is 17.7 Å². The number of carbonyl (C=O) groups is 1. The van der Waals surface area contributed by atoms with Crippen LogP contribution in [0.3, 0.4) is 0 Å². The fourth-order valence-electron chi connectivity index (χ4n) is 5.12. The molecule has 0 bridgehead atoms. The van der Waals surface area contributed by atoms with E-state index < -0.39 is 5.82 Å². The van der Waals surface area contributed by atoms with Crippen molar-refractivity contribution < 1.29 is 9.18 Å². The summed E-state index contributed by atoms with van der Waals surface area (Å²) in [4.78, 5) is 27.7. The molecule has 1 N–H and O–H groups in total. The van der Waals surface area contributed by atoms with Crippen LogP contribution >= 0.6 is 11.3 Å². The van der Waals surface area contributed by atoms with Crippen molar-refractivity contribution in [2.24, 2.45) is 0 Å². The Labute approximate surface area is 180 Å². The van der Waals surface area contributed by atoms with Gasteiger partial charge in [0.15, 0.2) is 5.82 Å². The summed E-state index contributed by atoms with van der Waals surface area (Å²) in [5, 5.41) is 3.42. The van der Waals surface area contributed by atoms with Crippen molar-refractivity contribution in [1.29, 1.82) is 0 Å². The fraction of sp³-hybridized carbons (Fsp3) is 0.591. The van der Waals surface area contributed by atoms with Crippen LogP contribution in [0.2, 0.25) is 0 Å². The number of thiophene rings is 1. The molecule has 1 amide bonds. The summed E-state index contributed by atoms with van der Waals surface area (Å²) < 4.78 is 14.8. The lowest BCUT2D eigenvalue weighted by molar-refractivity contribution is 0.0755. The van der Waals surface area contributed by atoms with Crippen LogP contribution in [0.1, 0.15) is 60.3 Å². The summed E-state index contributed by atoms with van der Waals surface area (Å²) in [5.41, 5.74) is 1.73. The van der Waals surface area contributed by atoms with E-state index in [-0.39, 0.29) is 17.5 Å². The zero-order chi connectivity index (χ0) is 21.2. The highest BCUT2D eigenvalue weighted by Crippen LogP contribution is 2.60. The van der Waals surface area contributed by atoms with Gasteiger partial charge in [0.05, 0.1) is 22.2 Å². The second-order valence-electron chi connectivity index (χ2n) is 8.89. The largest absolute Gasteiger partial charge is 0.351 e. The van der Waals surface area contributed by atoms with E-state index in [1.165, 1.54) is 17.5 Å². The highest BCUT2D eigenvalue weighted by molar-refractivity contribution is 7.16. The standard InChI is InChI=1S/C22H28FN5OS/c1-5-28-9-6-14(10-12(28)2)25-21-24-11-15(23)17(26-21)18-13(3)16-19(30-18)22(7-8-22)27(4)20(16)29/h11-12,14H,5-10H2,1-4H3,(H,24,25,26)/t12-,14+/m1/s1. The maximum Gasteiger partial charge on any atom is 0.255 e. The third-order valence-electron chi connectivity index (χ3n) is 7.17. The van der Waals surface area contributed by atoms with Gasteiger partial charge in [-0.25, -0.2) is 14.4 Å². The number of fused-ring (bicyclic) bond motifs is 2. The molecule has 0 unspecified atom stereocenters. The summed E-state index contributed by atoms with van der Waals surface area (Å²) in [7, 11) is 1.87. The minimum absolute atomic E-state index is 0.0481. The molecular weight excluding hydrogens is 401 g/mol. The quantitative estimate of drug-likeness (QED) is 0.796. The van der Waals surface area contributed by atoms with Crippen LogP contribution in [0.5, 0.6) is 0 Å². The van der Waals surface area contributed by atoms with E-state index in [2.05, 4.69) is 34.0 Å². The van der Waals surface area contributed by atoms with Gasteiger partial charge in [0.2, 0.25) is 5.95 Å². The second kappa shape index (κ2) is 6.99. The summed E-state index contributed by atoms with van der Waals surface area (Å²) in [6, 6.07) is 0.780. The Morgan fingerprint density at radius 3 is 2.83 bits per heavy atom. The molecule has 5 rings (SSSR count). The van der Waals surface area contributed by atoms with Crippen molar-refractivity contribution in [2.45, 2.75) is 64.1 Å². The zero-order valence-electron chi connectivity index (χ0n) is 18.0. The summed E-state index contributed by atoms with van der Waals surface area (Å²) in [5.74, 6) is 0.0708. The smallest absolute Gasteiger partial charge is 0.255 e. The number of carbonyl (C=O) groups excluding carboxylic acids is 1. The van der Waals surface area contributed by atoms with Crippen molar-refractivity contribution in [3.8, 4) is 10.6 Å². The molecule has 2 aromatic rings. The Balaban J connectivity index is 1.44. The van der Waals surface area contributed by atoms with Gasteiger partial charge in [0.1, 0.15) is 5.69 Å². The van der Waals surface area contributed by atoms with E-state index in [9.17, 15) is 9.18 Å². The summed E-state index contributed by atoms with van der Waals surface area (Å²) in [6.45, 7) is 8.44. The fourth-order valence-corrected chi connectivity index (χ4v) is 6.69. The predicted octanol–water partition coefficient (Wildman–Crippen LogP) is 4.01. The molecule has 2 aromatic heterocycles. The van der Waals surface area contributed by atoms with Gasteiger partial charge in [0, 0.05) is 30.6 Å². The molecule has 8 heteroatoms. The first-order valence-electron chi connectivity index (χ1n) is 10.8. The molecule has 160 valence electrons. The monoisotopic (exact) mass is 429 g/mol. The van der Waals surface area contributed by atoms with Gasteiger partial charge in [-0.15, -0.1) is 11.3 Å². The van der Waals surface area contributed by atoms with Crippen LogP contribution in [0.4, 0.5) is 10.3 Å². The van der Waals surface area contributed by atoms with Gasteiger partial charge in [-0.05, 0) is 51.6 Å². The van der Waals surface area contributed by atoms with E-state index in [1.54, 1.807) is 0 Å². The van der Waals surface area contributed by atoms with E-state index in [0.717, 1.165) is 59.7 Å². The van der Waals surface area contributed by atoms with Gasteiger partial charge in [0.25, 0.3) is 5.91 Å². The maximum absolute atomic E-state index is 14.8.